The highest BCUT2D eigenvalue weighted by Crippen LogP contribution is 2.44. The van der Waals surface area contributed by atoms with Crippen molar-refractivity contribution in [2.24, 2.45) is 0 Å². The SMILES string of the molecule is CCOC(=O)N[C@H](C(=O)N1[C@@H](C)CC[C@H]1c1ncc(-c2ccc3c(c2)COc2cc4c(ccc5[nH]c([C@@H]6CC[C@H](CC)N6C(=O)[C@@H](NC(=O)OC)[C@@H](C)OC)nc54)cc2-3)[nH]1)[C@@H](C)OC. The highest BCUT2D eigenvalue weighted by molar-refractivity contribution is 6.07. The Labute approximate surface area is 371 Å². The van der Waals surface area contributed by atoms with Crippen LogP contribution in [0.5, 0.6) is 5.75 Å². The number of aromatic amines is 2. The van der Waals surface area contributed by atoms with Crippen LogP contribution in [0.3, 0.4) is 0 Å². The van der Waals surface area contributed by atoms with Crippen LogP contribution in [0.4, 0.5) is 9.59 Å². The van der Waals surface area contributed by atoms with E-state index >= 15 is 0 Å². The molecular weight excluding hydrogens is 821 g/mol. The third kappa shape index (κ3) is 8.22. The van der Waals surface area contributed by atoms with Crippen molar-refractivity contribution >= 4 is 45.8 Å². The molecule has 0 aliphatic carbocycles. The fourth-order valence-corrected chi connectivity index (χ4v) is 9.63. The summed E-state index contributed by atoms with van der Waals surface area (Å²) in [5, 5.41) is 7.31. The number of amides is 4. The molecule has 5 heterocycles. The molecule has 3 aliphatic rings. The zero-order valence-electron chi connectivity index (χ0n) is 37.7. The molecule has 3 aromatic carbocycles. The smallest absolute Gasteiger partial charge is 0.407 e. The van der Waals surface area contributed by atoms with Gasteiger partial charge in [0.15, 0.2) is 0 Å². The summed E-state index contributed by atoms with van der Waals surface area (Å²) in [6, 6.07) is 11.9. The quantitative estimate of drug-likeness (QED) is 0.0943. The Hall–Kier alpha value is -6.20. The molecule has 0 bridgehead atoms. The van der Waals surface area contributed by atoms with Gasteiger partial charge >= 0.3 is 12.2 Å². The summed E-state index contributed by atoms with van der Waals surface area (Å²) in [4.78, 5) is 73.5. The summed E-state index contributed by atoms with van der Waals surface area (Å²) in [6.45, 7) is 9.81. The molecule has 2 saturated heterocycles. The number of carbonyl (C=O) groups is 4. The van der Waals surface area contributed by atoms with Crippen molar-refractivity contribution < 1.29 is 42.9 Å². The molecule has 4 N–H and O–H groups in total. The molecule has 0 radical (unpaired) electrons. The van der Waals surface area contributed by atoms with Crippen LogP contribution < -0.4 is 15.4 Å². The number of carbonyl (C=O) groups excluding carboxylic acids is 4. The molecule has 0 saturated carbocycles. The molecule has 17 heteroatoms. The Morgan fingerprint density at radius 1 is 0.828 bits per heavy atom. The van der Waals surface area contributed by atoms with Gasteiger partial charge in [0.25, 0.3) is 0 Å². The number of ether oxygens (including phenoxy) is 5. The van der Waals surface area contributed by atoms with Gasteiger partial charge in [-0.1, -0.05) is 25.1 Å². The van der Waals surface area contributed by atoms with Crippen LogP contribution in [0.25, 0.3) is 44.2 Å². The van der Waals surface area contributed by atoms with Crippen LogP contribution in [-0.4, -0.2) is 118 Å². The number of imidazole rings is 2. The predicted octanol–water partition coefficient (Wildman–Crippen LogP) is 7.07. The van der Waals surface area contributed by atoms with Crippen molar-refractivity contribution in [2.75, 3.05) is 27.9 Å². The van der Waals surface area contributed by atoms with E-state index in [0.717, 1.165) is 74.8 Å². The molecule has 2 aromatic heterocycles. The zero-order chi connectivity index (χ0) is 45.4. The number of alkyl carbamates (subject to hydrolysis) is 2. The number of hydrogen-bond acceptors (Lipinski definition) is 11. The highest BCUT2D eigenvalue weighted by atomic mass is 16.6. The topological polar surface area (TPSA) is 202 Å². The van der Waals surface area contributed by atoms with Crippen LogP contribution in [-0.2, 0) is 35.1 Å². The number of hydrogen-bond donors (Lipinski definition) is 4. The first-order valence-electron chi connectivity index (χ1n) is 22.1. The van der Waals surface area contributed by atoms with Crippen molar-refractivity contribution in [2.45, 2.75) is 122 Å². The van der Waals surface area contributed by atoms with E-state index in [0.29, 0.717) is 31.1 Å². The van der Waals surface area contributed by atoms with Gasteiger partial charge in [0, 0.05) is 37.3 Å². The predicted molar refractivity (Wildman–Crippen MR) is 238 cm³/mol. The maximum absolute atomic E-state index is 14.2. The number of likely N-dealkylation sites (tertiary alicyclic amines) is 2. The Morgan fingerprint density at radius 2 is 1.53 bits per heavy atom. The molecule has 3 aliphatic heterocycles. The van der Waals surface area contributed by atoms with Gasteiger partial charge in [-0.15, -0.1) is 0 Å². The van der Waals surface area contributed by atoms with Crippen molar-refractivity contribution in [1.82, 2.24) is 40.4 Å². The van der Waals surface area contributed by atoms with E-state index in [9.17, 15) is 19.2 Å². The highest BCUT2D eigenvalue weighted by Gasteiger charge is 2.44. The molecule has 340 valence electrons. The second kappa shape index (κ2) is 18.5. The van der Waals surface area contributed by atoms with Gasteiger partial charge < -0.3 is 54.1 Å². The second-order valence-corrected chi connectivity index (χ2v) is 16.9. The van der Waals surface area contributed by atoms with Crippen molar-refractivity contribution in [3.05, 3.63) is 65.9 Å². The van der Waals surface area contributed by atoms with Gasteiger partial charge in [-0.25, -0.2) is 19.6 Å². The van der Waals surface area contributed by atoms with E-state index in [1.165, 1.54) is 21.3 Å². The van der Waals surface area contributed by atoms with E-state index in [-0.39, 0.29) is 42.6 Å². The third-order valence-corrected chi connectivity index (χ3v) is 13.3. The molecule has 5 aromatic rings. The number of fused-ring (bicyclic) bond motifs is 6. The number of H-pyrrole nitrogens is 2. The zero-order valence-corrected chi connectivity index (χ0v) is 37.7. The van der Waals surface area contributed by atoms with Crippen LogP contribution in [0.1, 0.15) is 96.0 Å². The summed E-state index contributed by atoms with van der Waals surface area (Å²) >= 11 is 0. The van der Waals surface area contributed by atoms with Crippen molar-refractivity contribution in [1.29, 1.82) is 0 Å². The Kier molecular flexibility index (Phi) is 12.8. The van der Waals surface area contributed by atoms with Gasteiger partial charge in [-0.05, 0) is 106 Å². The number of rotatable bonds is 13. The van der Waals surface area contributed by atoms with Gasteiger partial charge in [0.2, 0.25) is 11.8 Å². The third-order valence-electron chi connectivity index (χ3n) is 13.3. The molecule has 8 atom stereocenters. The average Bonchev–Trinajstić information content (AvgIpc) is 4.14. The van der Waals surface area contributed by atoms with E-state index in [1.54, 1.807) is 31.9 Å². The lowest BCUT2D eigenvalue weighted by molar-refractivity contribution is -0.140. The van der Waals surface area contributed by atoms with Crippen LogP contribution in [0, 0.1) is 0 Å². The summed E-state index contributed by atoms with van der Waals surface area (Å²) < 4.78 is 27.4. The number of benzene rings is 3. The number of methoxy groups -OCH3 is 3. The minimum atomic E-state index is -0.936. The molecule has 64 heavy (non-hydrogen) atoms. The van der Waals surface area contributed by atoms with Gasteiger partial charge in [0.1, 0.15) is 36.1 Å². The normalized spacial score (nSPS) is 21.1. The maximum Gasteiger partial charge on any atom is 0.407 e. The molecule has 4 amide bonds. The molecule has 17 nitrogen and oxygen atoms in total. The summed E-state index contributed by atoms with van der Waals surface area (Å²) in [5.74, 6) is 1.61. The second-order valence-electron chi connectivity index (χ2n) is 16.9. The molecule has 0 spiro atoms. The molecule has 8 rings (SSSR count). The summed E-state index contributed by atoms with van der Waals surface area (Å²) in [5.41, 5.74) is 6.44. The standard InChI is InChI=1S/C47H58N8O9/c1-9-30-14-18-37(55(30)45(57)40(26(5)61-7)52-46(58)62-8)43-49-34-16-13-27-20-33-31-15-12-28(19-29(31)23-64-38(33)21-32(27)41(34)51-43)35-22-48-42(50-35)36-17-11-24(3)54(36)44(56)39(25(4)60-6)53-47(59)63-10-2/h12-13,15-16,19-22,24-26,30,36-37,39-40H,9-11,14,17-18,23H2,1-8H3,(H,48,50)(H,49,51)(H,52,58)(H,53,59)/t24-,25+,26+,30-,36-,37-,39-,40-/m0/s1. The molecule has 0 unspecified atom stereocenters. The number of nitrogens with zero attached hydrogens (tertiary/aromatic N) is 4. The lowest BCUT2D eigenvalue weighted by Gasteiger charge is -2.34. The first-order chi connectivity index (χ1) is 30.9. The Balaban J connectivity index is 1.04. The van der Waals surface area contributed by atoms with Gasteiger partial charge in [0.05, 0.1) is 60.9 Å². The van der Waals surface area contributed by atoms with Crippen molar-refractivity contribution in [3.63, 3.8) is 0 Å². The fourth-order valence-electron chi connectivity index (χ4n) is 9.63. The maximum atomic E-state index is 14.2. The summed E-state index contributed by atoms with van der Waals surface area (Å²) in [7, 11) is 4.29. The minimum Gasteiger partial charge on any atom is -0.488 e. The Morgan fingerprint density at radius 3 is 2.23 bits per heavy atom. The van der Waals surface area contributed by atoms with E-state index in [4.69, 9.17) is 33.7 Å². The van der Waals surface area contributed by atoms with Crippen molar-refractivity contribution in [3.8, 4) is 28.1 Å². The van der Waals surface area contributed by atoms with Gasteiger partial charge in [-0.2, -0.15) is 0 Å². The number of nitrogens with one attached hydrogen (secondary N) is 4. The largest absolute Gasteiger partial charge is 0.488 e. The van der Waals surface area contributed by atoms with E-state index < -0.39 is 36.5 Å². The van der Waals surface area contributed by atoms with Crippen LogP contribution >= 0.6 is 0 Å². The lowest BCUT2D eigenvalue weighted by atomic mass is 9.92. The molecular formula is C47H58N8O9. The van der Waals surface area contributed by atoms with E-state index in [2.05, 4.69) is 63.9 Å². The van der Waals surface area contributed by atoms with Crippen LogP contribution in [0.2, 0.25) is 0 Å². The van der Waals surface area contributed by atoms with E-state index in [1.807, 2.05) is 17.9 Å². The first-order valence-corrected chi connectivity index (χ1v) is 22.1. The minimum absolute atomic E-state index is 0.0340. The van der Waals surface area contributed by atoms with Crippen LogP contribution in [0.15, 0.2) is 48.7 Å². The number of aromatic nitrogens is 4. The Bertz CT molecular complexity index is 2560. The fraction of sp³-hybridized carbons (Fsp3) is 0.489. The van der Waals surface area contributed by atoms with Gasteiger partial charge in [-0.3, -0.25) is 9.59 Å². The molecule has 2 fully saturated rings. The monoisotopic (exact) mass is 878 g/mol. The first kappa shape index (κ1) is 44.4. The average molecular weight is 879 g/mol. The lowest BCUT2D eigenvalue weighted by Crippen LogP contribution is -2.55. The summed E-state index contributed by atoms with van der Waals surface area (Å²) in [6.07, 6.45) is 3.02.